The van der Waals surface area contributed by atoms with Crippen LogP contribution < -0.4 is 15.4 Å². The molecule has 2 atom stereocenters. The van der Waals surface area contributed by atoms with Crippen LogP contribution in [-0.2, 0) is 14.8 Å². The normalized spacial score (nSPS) is 23.9. The van der Waals surface area contributed by atoms with E-state index in [0.717, 1.165) is 12.2 Å². The van der Waals surface area contributed by atoms with Gasteiger partial charge in [0, 0.05) is 18.3 Å². The Bertz CT molecular complexity index is 589. The van der Waals surface area contributed by atoms with Crippen molar-refractivity contribution in [1.82, 2.24) is 4.72 Å². The first-order chi connectivity index (χ1) is 9.35. The SMILES string of the molecule is CNS(=O)(=O)c1ccc(N2CC(C)OCC2C)cc1N. The van der Waals surface area contributed by atoms with E-state index < -0.39 is 10.0 Å². The second-order valence-corrected chi connectivity index (χ2v) is 6.93. The molecule has 1 fully saturated rings. The van der Waals surface area contributed by atoms with Crippen molar-refractivity contribution >= 4 is 21.4 Å². The second-order valence-electron chi connectivity index (χ2n) is 5.08. The number of morpholine rings is 1. The minimum atomic E-state index is -3.52. The van der Waals surface area contributed by atoms with Crippen LogP contribution in [0.25, 0.3) is 0 Å². The first-order valence-electron chi connectivity index (χ1n) is 6.56. The molecule has 0 radical (unpaired) electrons. The van der Waals surface area contributed by atoms with E-state index >= 15 is 0 Å². The van der Waals surface area contributed by atoms with Gasteiger partial charge in [0.2, 0.25) is 10.0 Å². The fourth-order valence-electron chi connectivity index (χ4n) is 2.33. The number of nitrogen functional groups attached to an aromatic ring is 1. The third-order valence-electron chi connectivity index (χ3n) is 3.49. The summed E-state index contributed by atoms with van der Waals surface area (Å²) in [5, 5.41) is 0. The van der Waals surface area contributed by atoms with Gasteiger partial charge in [0.05, 0.1) is 18.4 Å². The Hall–Kier alpha value is -1.31. The predicted molar refractivity (Wildman–Crippen MR) is 79.3 cm³/mol. The summed E-state index contributed by atoms with van der Waals surface area (Å²) in [7, 11) is -2.15. The standard InChI is InChI=1S/C13H21N3O3S/c1-9-8-19-10(2)7-16(9)11-4-5-13(12(14)6-11)20(17,18)15-3/h4-6,9-10,15H,7-8,14H2,1-3H3. The lowest BCUT2D eigenvalue weighted by Gasteiger charge is -2.38. The Balaban J connectivity index is 2.34. The molecule has 2 rings (SSSR count). The highest BCUT2D eigenvalue weighted by Crippen LogP contribution is 2.27. The summed E-state index contributed by atoms with van der Waals surface area (Å²) in [6.07, 6.45) is 0.146. The van der Waals surface area contributed by atoms with E-state index in [1.165, 1.54) is 7.05 Å². The highest BCUT2D eigenvalue weighted by Gasteiger charge is 2.25. The molecule has 2 unspecified atom stereocenters. The second kappa shape index (κ2) is 5.59. The minimum absolute atomic E-state index is 0.109. The number of anilines is 2. The molecule has 0 bridgehead atoms. The highest BCUT2D eigenvalue weighted by molar-refractivity contribution is 7.89. The van der Waals surface area contributed by atoms with Crippen molar-refractivity contribution in [3.05, 3.63) is 18.2 Å². The zero-order valence-electron chi connectivity index (χ0n) is 12.0. The number of nitrogens with one attached hydrogen (secondary N) is 1. The first kappa shape index (κ1) is 15.1. The Morgan fingerprint density at radius 2 is 2.10 bits per heavy atom. The van der Waals surface area contributed by atoms with Crippen molar-refractivity contribution < 1.29 is 13.2 Å². The Labute approximate surface area is 120 Å². The largest absolute Gasteiger partial charge is 0.398 e. The summed E-state index contributed by atoms with van der Waals surface area (Å²) in [6.45, 7) is 5.50. The lowest BCUT2D eigenvalue weighted by molar-refractivity contribution is 0.0344. The van der Waals surface area contributed by atoms with Crippen LogP contribution in [-0.4, -0.2) is 40.8 Å². The smallest absolute Gasteiger partial charge is 0.242 e. The summed E-state index contributed by atoms with van der Waals surface area (Å²) in [6, 6.07) is 5.27. The van der Waals surface area contributed by atoms with Crippen LogP contribution in [0.2, 0.25) is 0 Å². The Morgan fingerprint density at radius 3 is 2.70 bits per heavy atom. The van der Waals surface area contributed by atoms with Gasteiger partial charge in [0.15, 0.2) is 0 Å². The molecular formula is C13H21N3O3S. The Kier molecular flexibility index (Phi) is 4.22. The number of benzene rings is 1. The zero-order valence-corrected chi connectivity index (χ0v) is 12.8. The lowest BCUT2D eigenvalue weighted by atomic mass is 10.1. The molecule has 1 aromatic carbocycles. The summed E-state index contributed by atoms with van der Waals surface area (Å²) in [4.78, 5) is 2.29. The molecule has 112 valence electrons. The molecule has 1 heterocycles. The van der Waals surface area contributed by atoms with Gasteiger partial charge in [-0.1, -0.05) is 0 Å². The monoisotopic (exact) mass is 299 g/mol. The topological polar surface area (TPSA) is 84.7 Å². The number of hydrogen-bond acceptors (Lipinski definition) is 5. The van der Waals surface area contributed by atoms with E-state index in [1.807, 2.05) is 6.92 Å². The quantitative estimate of drug-likeness (QED) is 0.806. The molecular weight excluding hydrogens is 278 g/mol. The fraction of sp³-hybridized carbons (Fsp3) is 0.538. The molecule has 0 aromatic heterocycles. The molecule has 1 aromatic rings. The van der Waals surface area contributed by atoms with Gasteiger partial charge < -0.3 is 15.4 Å². The average Bonchev–Trinajstić information content (AvgIpc) is 2.41. The van der Waals surface area contributed by atoms with E-state index in [-0.39, 0.29) is 22.7 Å². The summed E-state index contributed by atoms with van der Waals surface area (Å²) < 4.78 is 31.5. The summed E-state index contributed by atoms with van der Waals surface area (Å²) >= 11 is 0. The number of nitrogens with two attached hydrogens (primary N) is 1. The third-order valence-corrected chi connectivity index (χ3v) is 4.98. The maximum absolute atomic E-state index is 11.8. The van der Waals surface area contributed by atoms with Crippen molar-refractivity contribution in [2.45, 2.75) is 30.9 Å². The van der Waals surface area contributed by atoms with E-state index in [0.29, 0.717) is 6.61 Å². The molecule has 0 spiro atoms. The molecule has 3 N–H and O–H groups in total. The van der Waals surface area contributed by atoms with Crippen LogP contribution in [0.4, 0.5) is 11.4 Å². The van der Waals surface area contributed by atoms with Crippen LogP contribution in [0.15, 0.2) is 23.1 Å². The van der Waals surface area contributed by atoms with Gasteiger partial charge >= 0.3 is 0 Å². The number of ether oxygens (including phenoxy) is 1. The van der Waals surface area contributed by atoms with Gasteiger partial charge in [-0.05, 0) is 39.1 Å². The minimum Gasteiger partial charge on any atom is -0.398 e. The van der Waals surface area contributed by atoms with Crippen LogP contribution in [0.3, 0.4) is 0 Å². The van der Waals surface area contributed by atoms with Crippen molar-refractivity contribution in [2.24, 2.45) is 0 Å². The lowest BCUT2D eigenvalue weighted by Crippen LogP contribution is -2.47. The summed E-state index contributed by atoms with van der Waals surface area (Å²) in [5.41, 5.74) is 7.06. The van der Waals surface area contributed by atoms with E-state index in [1.54, 1.807) is 18.2 Å². The van der Waals surface area contributed by atoms with Gasteiger partial charge in [-0.25, -0.2) is 13.1 Å². The molecule has 1 aliphatic rings. The molecule has 20 heavy (non-hydrogen) atoms. The predicted octanol–water partition coefficient (Wildman–Crippen LogP) is 0.790. The number of nitrogens with zero attached hydrogens (tertiary/aromatic N) is 1. The molecule has 0 amide bonds. The van der Waals surface area contributed by atoms with E-state index in [9.17, 15) is 8.42 Å². The molecule has 1 aliphatic heterocycles. The first-order valence-corrected chi connectivity index (χ1v) is 8.05. The van der Waals surface area contributed by atoms with Crippen molar-refractivity contribution in [3.8, 4) is 0 Å². The summed E-state index contributed by atoms with van der Waals surface area (Å²) in [5.74, 6) is 0. The number of rotatable bonds is 3. The molecule has 0 aliphatic carbocycles. The Morgan fingerprint density at radius 1 is 1.40 bits per heavy atom. The zero-order chi connectivity index (χ0) is 14.9. The maximum Gasteiger partial charge on any atom is 0.242 e. The van der Waals surface area contributed by atoms with Crippen molar-refractivity contribution in [3.63, 3.8) is 0 Å². The molecule has 0 saturated carbocycles. The third kappa shape index (κ3) is 2.89. The van der Waals surface area contributed by atoms with Crippen LogP contribution in [0.5, 0.6) is 0 Å². The van der Waals surface area contributed by atoms with Gasteiger partial charge in [0.1, 0.15) is 4.90 Å². The van der Waals surface area contributed by atoms with Gasteiger partial charge in [-0.3, -0.25) is 0 Å². The van der Waals surface area contributed by atoms with E-state index in [2.05, 4.69) is 16.5 Å². The van der Waals surface area contributed by atoms with E-state index in [4.69, 9.17) is 10.5 Å². The van der Waals surface area contributed by atoms with Gasteiger partial charge in [-0.2, -0.15) is 0 Å². The van der Waals surface area contributed by atoms with Crippen LogP contribution in [0, 0.1) is 0 Å². The van der Waals surface area contributed by atoms with Gasteiger partial charge in [0.25, 0.3) is 0 Å². The number of hydrogen-bond donors (Lipinski definition) is 2. The van der Waals surface area contributed by atoms with Crippen molar-refractivity contribution in [1.29, 1.82) is 0 Å². The van der Waals surface area contributed by atoms with Crippen molar-refractivity contribution in [2.75, 3.05) is 30.8 Å². The number of sulfonamides is 1. The molecule has 7 heteroatoms. The van der Waals surface area contributed by atoms with Crippen LogP contribution in [0.1, 0.15) is 13.8 Å². The molecule has 1 saturated heterocycles. The van der Waals surface area contributed by atoms with Gasteiger partial charge in [-0.15, -0.1) is 0 Å². The van der Waals surface area contributed by atoms with Crippen LogP contribution >= 0.6 is 0 Å². The average molecular weight is 299 g/mol. The highest BCUT2D eigenvalue weighted by atomic mass is 32.2. The molecule has 6 nitrogen and oxygen atoms in total. The maximum atomic E-state index is 11.8. The fourth-order valence-corrected chi connectivity index (χ4v) is 3.17.